The van der Waals surface area contributed by atoms with Crippen LogP contribution >= 0.6 is 15.9 Å². The Hall–Kier alpha value is -4.11. The number of aryl methyl sites for hydroxylation is 1. The van der Waals surface area contributed by atoms with E-state index in [0.29, 0.717) is 29.4 Å². The summed E-state index contributed by atoms with van der Waals surface area (Å²) in [5.41, 5.74) is 1.79. The second kappa shape index (κ2) is 11.1. The molecular formula is C27H23BrN2O6. The molecule has 1 aliphatic rings. The zero-order valence-electron chi connectivity index (χ0n) is 19.6. The Morgan fingerprint density at radius 3 is 2.39 bits per heavy atom. The summed E-state index contributed by atoms with van der Waals surface area (Å²) in [6.45, 7) is 2.62. The van der Waals surface area contributed by atoms with Gasteiger partial charge in [0.15, 0.2) is 11.5 Å². The highest BCUT2D eigenvalue weighted by Crippen LogP contribution is 2.30. The highest BCUT2D eigenvalue weighted by Gasteiger charge is 2.36. The number of hydrogen-bond acceptors (Lipinski definition) is 6. The fourth-order valence-corrected chi connectivity index (χ4v) is 3.82. The zero-order chi connectivity index (χ0) is 25.7. The van der Waals surface area contributed by atoms with Crippen LogP contribution in [0.5, 0.6) is 17.2 Å². The molecule has 4 amide bonds. The molecule has 1 aliphatic heterocycles. The monoisotopic (exact) mass is 550 g/mol. The second-order valence-electron chi connectivity index (χ2n) is 7.86. The summed E-state index contributed by atoms with van der Waals surface area (Å²) in [4.78, 5) is 38.8. The first-order valence-corrected chi connectivity index (χ1v) is 11.8. The number of nitrogens with zero attached hydrogens (tertiary/aromatic N) is 1. The van der Waals surface area contributed by atoms with Gasteiger partial charge in [-0.2, -0.15) is 0 Å². The predicted molar refractivity (Wildman–Crippen MR) is 138 cm³/mol. The normalized spacial score (nSPS) is 14.6. The fraction of sp³-hybridized carbons (Fsp3) is 0.148. The third-order valence-electron chi connectivity index (χ3n) is 5.28. The molecule has 1 saturated heterocycles. The van der Waals surface area contributed by atoms with Crippen molar-refractivity contribution in [2.45, 2.75) is 6.92 Å². The van der Waals surface area contributed by atoms with E-state index >= 15 is 0 Å². The Balaban J connectivity index is 1.48. The van der Waals surface area contributed by atoms with E-state index in [2.05, 4.69) is 21.2 Å². The van der Waals surface area contributed by atoms with Gasteiger partial charge in [-0.25, -0.2) is 9.69 Å². The van der Waals surface area contributed by atoms with Gasteiger partial charge in [-0.15, -0.1) is 0 Å². The number of anilines is 1. The van der Waals surface area contributed by atoms with E-state index in [1.807, 2.05) is 31.2 Å². The molecule has 0 unspecified atom stereocenters. The number of methoxy groups -OCH3 is 1. The molecule has 3 aromatic rings. The molecule has 0 spiro atoms. The maximum absolute atomic E-state index is 13.1. The van der Waals surface area contributed by atoms with Crippen LogP contribution in [0.1, 0.15) is 11.1 Å². The number of halogens is 1. The molecule has 0 aromatic heterocycles. The van der Waals surface area contributed by atoms with Gasteiger partial charge in [0.2, 0.25) is 0 Å². The smallest absolute Gasteiger partial charge is 0.335 e. The van der Waals surface area contributed by atoms with Gasteiger partial charge in [-0.05, 0) is 72.7 Å². The lowest BCUT2D eigenvalue weighted by atomic mass is 10.1. The van der Waals surface area contributed by atoms with Crippen molar-refractivity contribution in [2.75, 3.05) is 25.2 Å². The van der Waals surface area contributed by atoms with Gasteiger partial charge in [0.1, 0.15) is 24.5 Å². The van der Waals surface area contributed by atoms with Crippen molar-refractivity contribution in [1.82, 2.24) is 5.32 Å². The largest absolute Gasteiger partial charge is 0.493 e. The maximum atomic E-state index is 13.1. The van der Waals surface area contributed by atoms with Crippen LogP contribution in [-0.4, -0.2) is 38.2 Å². The Kier molecular flexibility index (Phi) is 7.70. The topological polar surface area (TPSA) is 94.2 Å². The molecule has 1 fully saturated rings. The molecule has 36 heavy (non-hydrogen) atoms. The number of carbonyl (C=O) groups is 3. The van der Waals surface area contributed by atoms with Gasteiger partial charge >= 0.3 is 6.03 Å². The number of imide groups is 2. The molecule has 0 radical (unpaired) electrons. The quantitative estimate of drug-likeness (QED) is 0.244. The van der Waals surface area contributed by atoms with Crippen molar-refractivity contribution in [1.29, 1.82) is 0 Å². The van der Waals surface area contributed by atoms with Gasteiger partial charge < -0.3 is 14.2 Å². The second-order valence-corrected chi connectivity index (χ2v) is 8.77. The van der Waals surface area contributed by atoms with Crippen LogP contribution in [0.25, 0.3) is 6.08 Å². The summed E-state index contributed by atoms with van der Waals surface area (Å²) < 4.78 is 17.7. The molecule has 0 aliphatic carbocycles. The summed E-state index contributed by atoms with van der Waals surface area (Å²) in [6.07, 6.45) is 1.41. The molecule has 0 atom stereocenters. The number of ether oxygens (including phenoxy) is 3. The van der Waals surface area contributed by atoms with Gasteiger partial charge in [-0.1, -0.05) is 34.1 Å². The summed E-state index contributed by atoms with van der Waals surface area (Å²) in [7, 11) is 1.49. The molecule has 1 N–H and O–H groups in total. The number of hydrogen-bond donors (Lipinski definition) is 1. The lowest BCUT2D eigenvalue weighted by Gasteiger charge is -2.26. The van der Waals surface area contributed by atoms with E-state index in [9.17, 15) is 14.4 Å². The lowest BCUT2D eigenvalue weighted by molar-refractivity contribution is -0.122. The van der Waals surface area contributed by atoms with E-state index in [0.717, 1.165) is 20.7 Å². The van der Waals surface area contributed by atoms with Crippen LogP contribution in [0.4, 0.5) is 10.5 Å². The number of carbonyl (C=O) groups excluding carboxylic acids is 3. The Bertz CT molecular complexity index is 1340. The van der Waals surface area contributed by atoms with Crippen LogP contribution in [0.2, 0.25) is 0 Å². The van der Waals surface area contributed by atoms with Crippen molar-refractivity contribution in [3.63, 3.8) is 0 Å². The number of benzene rings is 3. The van der Waals surface area contributed by atoms with E-state index < -0.39 is 17.8 Å². The minimum absolute atomic E-state index is 0.181. The minimum Gasteiger partial charge on any atom is -0.493 e. The van der Waals surface area contributed by atoms with Crippen molar-refractivity contribution >= 4 is 45.5 Å². The highest BCUT2D eigenvalue weighted by molar-refractivity contribution is 9.10. The average molecular weight is 551 g/mol. The molecule has 1 heterocycles. The van der Waals surface area contributed by atoms with E-state index in [1.54, 1.807) is 42.5 Å². The van der Waals surface area contributed by atoms with Gasteiger partial charge in [0.05, 0.1) is 12.8 Å². The molecule has 0 saturated carbocycles. The molecular weight excluding hydrogens is 528 g/mol. The number of barbiturate groups is 1. The van der Waals surface area contributed by atoms with Gasteiger partial charge in [0.25, 0.3) is 11.8 Å². The third-order valence-corrected chi connectivity index (χ3v) is 5.81. The van der Waals surface area contributed by atoms with E-state index in [4.69, 9.17) is 14.2 Å². The molecule has 0 bridgehead atoms. The summed E-state index contributed by atoms with van der Waals surface area (Å²) in [6, 6.07) is 18.5. The molecule has 3 aromatic carbocycles. The van der Waals surface area contributed by atoms with Crippen molar-refractivity contribution < 1.29 is 28.6 Å². The van der Waals surface area contributed by atoms with Crippen LogP contribution < -0.4 is 24.4 Å². The highest BCUT2D eigenvalue weighted by atomic mass is 79.9. The minimum atomic E-state index is -0.807. The Morgan fingerprint density at radius 1 is 0.917 bits per heavy atom. The van der Waals surface area contributed by atoms with E-state index in [1.165, 1.54) is 13.2 Å². The van der Waals surface area contributed by atoms with Crippen LogP contribution in [0.15, 0.2) is 76.8 Å². The van der Waals surface area contributed by atoms with Crippen LogP contribution in [0.3, 0.4) is 0 Å². The zero-order valence-corrected chi connectivity index (χ0v) is 21.2. The van der Waals surface area contributed by atoms with Crippen LogP contribution in [0, 0.1) is 6.92 Å². The molecule has 184 valence electrons. The number of amides is 4. The summed E-state index contributed by atoms with van der Waals surface area (Å²) in [5.74, 6) is 0.172. The first-order chi connectivity index (χ1) is 17.4. The Morgan fingerprint density at radius 2 is 1.67 bits per heavy atom. The summed E-state index contributed by atoms with van der Waals surface area (Å²) in [5, 5.41) is 2.21. The number of rotatable bonds is 8. The van der Waals surface area contributed by atoms with Gasteiger partial charge in [0, 0.05) is 4.47 Å². The first-order valence-electron chi connectivity index (χ1n) is 11.0. The SMILES string of the molecule is COc1cc(/C=C2/C(=O)NC(=O)N(c3ccc(Br)cc3)C2=O)ccc1OCCOc1cccc(C)c1. The Labute approximate surface area is 216 Å². The van der Waals surface area contributed by atoms with Gasteiger partial charge in [-0.3, -0.25) is 14.9 Å². The first kappa shape index (κ1) is 25.0. The van der Waals surface area contributed by atoms with E-state index in [-0.39, 0.29) is 12.2 Å². The molecule has 8 nitrogen and oxygen atoms in total. The fourth-order valence-electron chi connectivity index (χ4n) is 3.56. The van der Waals surface area contributed by atoms with Crippen LogP contribution in [-0.2, 0) is 9.59 Å². The lowest BCUT2D eigenvalue weighted by Crippen LogP contribution is -2.54. The van der Waals surface area contributed by atoms with Crippen molar-refractivity contribution in [3.8, 4) is 17.2 Å². The average Bonchev–Trinajstić information content (AvgIpc) is 2.86. The van der Waals surface area contributed by atoms with Crippen molar-refractivity contribution in [3.05, 3.63) is 87.9 Å². The van der Waals surface area contributed by atoms with Crippen molar-refractivity contribution in [2.24, 2.45) is 0 Å². The maximum Gasteiger partial charge on any atom is 0.335 e. The standard InChI is InChI=1S/C27H23BrN2O6/c1-17-4-3-5-21(14-17)35-12-13-36-23-11-6-18(16-24(23)34-2)15-22-25(31)29-27(33)30(26(22)32)20-9-7-19(28)8-10-20/h3-11,14-16H,12-13H2,1-2H3,(H,29,31,33)/b22-15-. The molecule has 9 heteroatoms. The third kappa shape index (κ3) is 5.75. The predicted octanol–water partition coefficient (Wildman–Crippen LogP) is 4.89. The molecule has 4 rings (SSSR count). The number of nitrogens with one attached hydrogen (secondary N) is 1. The summed E-state index contributed by atoms with van der Waals surface area (Å²) >= 11 is 3.32. The number of urea groups is 1.